The Kier molecular flexibility index (Phi) is 3.00. The fourth-order valence-corrected chi connectivity index (χ4v) is 1.70. The van der Waals surface area contributed by atoms with Gasteiger partial charge in [0.15, 0.2) is 5.76 Å². The molecule has 0 aliphatic rings. The first-order valence-electron chi connectivity index (χ1n) is 5.91. The van der Waals surface area contributed by atoms with Gasteiger partial charge in [-0.15, -0.1) is 0 Å². The third kappa shape index (κ3) is 2.28. The highest BCUT2D eigenvalue weighted by atomic mass is 16.3. The molecule has 1 N–H and O–H groups in total. The molecule has 0 aliphatic carbocycles. The number of carbonyl (C=O) groups is 1. The molecule has 0 aliphatic heterocycles. The van der Waals surface area contributed by atoms with Gasteiger partial charge in [-0.3, -0.25) is 9.36 Å². The Labute approximate surface area is 114 Å². The molecular weight excluding hydrogens is 258 g/mol. The lowest BCUT2D eigenvalue weighted by atomic mass is 10.4. The van der Waals surface area contributed by atoms with Crippen LogP contribution in [0.25, 0.3) is 5.95 Å². The SMILES string of the molecule is Cc1nccn1-c1ncc(NC(=O)c2ccco2)cn1. The predicted octanol–water partition coefficient (Wildman–Crippen LogP) is 1.82. The van der Waals surface area contributed by atoms with E-state index in [1.165, 1.54) is 18.7 Å². The summed E-state index contributed by atoms with van der Waals surface area (Å²) in [5.74, 6) is 1.18. The second-order valence-electron chi connectivity index (χ2n) is 4.05. The summed E-state index contributed by atoms with van der Waals surface area (Å²) in [5.41, 5.74) is 0.493. The zero-order valence-corrected chi connectivity index (χ0v) is 10.6. The van der Waals surface area contributed by atoms with E-state index in [4.69, 9.17) is 4.42 Å². The number of imidazole rings is 1. The molecule has 3 heterocycles. The van der Waals surface area contributed by atoms with Crippen molar-refractivity contribution in [3.05, 3.63) is 54.8 Å². The molecule has 1 amide bonds. The number of hydrogen-bond acceptors (Lipinski definition) is 5. The summed E-state index contributed by atoms with van der Waals surface area (Å²) in [4.78, 5) is 24.2. The van der Waals surface area contributed by atoms with E-state index >= 15 is 0 Å². The standard InChI is InChI=1S/C13H11N5O2/c1-9-14-4-5-18(9)13-15-7-10(8-16-13)17-12(19)11-3-2-6-20-11/h2-8H,1H3,(H,17,19). The number of amides is 1. The largest absolute Gasteiger partial charge is 0.459 e. The summed E-state index contributed by atoms with van der Waals surface area (Å²) in [6.07, 6.45) is 7.94. The van der Waals surface area contributed by atoms with Crippen molar-refractivity contribution < 1.29 is 9.21 Å². The molecule has 100 valence electrons. The van der Waals surface area contributed by atoms with E-state index in [-0.39, 0.29) is 11.7 Å². The number of nitrogens with one attached hydrogen (secondary N) is 1. The van der Waals surface area contributed by atoms with E-state index in [0.717, 1.165) is 5.82 Å². The van der Waals surface area contributed by atoms with Gasteiger partial charge in [0.05, 0.1) is 24.3 Å². The van der Waals surface area contributed by atoms with E-state index in [1.54, 1.807) is 29.1 Å². The molecule has 7 nitrogen and oxygen atoms in total. The Morgan fingerprint density at radius 1 is 1.30 bits per heavy atom. The fraction of sp³-hybridized carbons (Fsp3) is 0.0769. The second kappa shape index (κ2) is 4.96. The summed E-state index contributed by atoms with van der Waals surface area (Å²) in [5, 5.41) is 2.65. The van der Waals surface area contributed by atoms with Crippen LogP contribution in [0.1, 0.15) is 16.4 Å². The van der Waals surface area contributed by atoms with Crippen LogP contribution in [0.4, 0.5) is 5.69 Å². The number of hydrogen-bond donors (Lipinski definition) is 1. The van der Waals surface area contributed by atoms with Crippen LogP contribution >= 0.6 is 0 Å². The summed E-state index contributed by atoms with van der Waals surface area (Å²) in [6, 6.07) is 3.23. The van der Waals surface area contributed by atoms with E-state index in [0.29, 0.717) is 11.6 Å². The predicted molar refractivity (Wildman–Crippen MR) is 70.6 cm³/mol. The minimum absolute atomic E-state index is 0.236. The van der Waals surface area contributed by atoms with Crippen molar-refractivity contribution in [1.29, 1.82) is 0 Å². The normalized spacial score (nSPS) is 10.4. The Balaban J connectivity index is 1.77. The number of aryl methyl sites for hydroxylation is 1. The van der Waals surface area contributed by atoms with Gasteiger partial charge in [-0.05, 0) is 19.1 Å². The van der Waals surface area contributed by atoms with Gasteiger partial charge in [-0.1, -0.05) is 0 Å². The van der Waals surface area contributed by atoms with Crippen molar-refractivity contribution in [3.63, 3.8) is 0 Å². The third-order valence-corrected chi connectivity index (χ3v) is 2.68. The molecule has 7 heteroatoms. The smallest absolute Gasteiger partial charge is 0.291 e. The molecule has 3 rings (SSSR count). The first kappa shape index (κ1) is 12.1. The van der Waals surface area contributed by atoms with Crippen molar-refractivity contribution in [2.45, 2.75) is 6.92 Å². The highest BCUT2D eigenvalue weighted by Gasteiger charge is 2.09. The van der Waals surface area contributed by atoms with Crippen molar-refractivity contribution in [1.82, 2.24) is 19.5 Å². The van der Waals surface area contributed by atoms with Crippen LogP contribution in [0.2, 0.25) is 0 Å². The quantitative estimate of drug-likeness (QED) is 0.783. The van der Waals surface area contributed by atoms with Gasteiger partial charge in [0.1, 0.15) is 5.82 Å². The van der Waals surface area contributed by atoms with Crippen molar-refractivity contribution in [2.75, 3.05) is 5.32 Å². The third-order valence-electron chi connectivity index (χ3n) is 2.68. The average Bonchev–Trinajstić information content (AvgIpc) is 3.11. The molecule has 3 aromatic heterocycles. The molecule has 0 fully saturated rings. The van der Waals surface area contributed by atoms with Crippen LogP contribution in [0.15, 0.2) is 47.6 Å². The fourth-order valence-electron chi connectivity index (χ4n) is 1.70. The molecule has 0 saturated heterocycles. The molecule has 20 heavy (non-hydrogen) atoms. The summed E-state index contributed by atoms with van der Waals surface area (Å²) >= 11 is 0. The minimum atomic E-state index is -0.342. The van der Waals surface area contributed by atoms with Crippen LogP contribution < -0.4 is 5.32 Å². The van der Waals surface area contributed by atoms with Gasteiger partial charge in [0.25, 0.3) is 5.91 Å². The van der Waals surface area contributed by atoms with Crippen molar-refractivity contribution >= 4 is 11.6 Å². The number of furan rings is 1. The number of carbonyl (C=O) groups excluding carboxylic acids is 1. The summed E-state index contributed by atoms with van der Waals surface area (Å²) < 4.78 is 6.75. The summed E-state index contributed by atoms with van der Waals surface area (Å²) in [7, 11) is 0. The zero-order valence-electron chi connectivity index (χ0n) is 10.6. The van der Waals surface area contributed by atoms with E-state index in [1.807, 2.05) is 6.92 Å². The second-order valence-corrected chi connectivity index (χ2v) is 4.05. The number of anilines is 1. The minimum Gasteiger partial charge on any atom is -0.459 e. The molecule has 0 atom stereocenters. The molecule has 0 aromatic carbocycles. The molecule has 3 aromatic rings. The van der Waals surface area contributed by atoms with Crippen LogP contribution in [-0.4, -0.2) is 25.4 Å². The van der Waals surface area contributed by atoms with Gasteiger partial charge in [-0.2, -0.15) is 0 Å². The lowest BCUT2D eigenvalue weighted by Crippen LogP contribution is -2.12. The number of nitrogens with zero attached hydrogens (tertiary/aromatic N) is 4. The Morgan fingerprint density at radius 2 is 2.10 bits per heavy atom. The maximum absolute atomic E-state index is 11.8. The molecular formula is C13H11N5O2. The molecule has 0 bridgehead atoms. The topological polar surface area (TPSA) is 85.8 Å². The lowest BCUT2D eigenvalue weighted by molar-refractivity contribution is 0.0996. The number of aromatic nitrogens is 4. The van der Waals surface area contributed by atoms with E-state index in [9.17, 15) is 4.79 Å². The maximum atomic E-state index is 11.8. The Bertz CT molecular complexity index is 716. The Hall–Kier alpha value is -2.96. The number of rotatable bonds is 3. The maximum Gasteiger partial charge on any atom is 0.291 e. The van der Waals surface area contributed by atoms with Crippen molar-refractivity contribution in [2.24, 2.45) is 0 Å². The highest BCUT2D eigenvalue weighted by Crippen LogP contribution is 2.10. The van der Waals surface area contributed by atoms with Crippen LogP contribution in [0, 0.1) is 6.92 Å². The van der Waals surface area contributed by atoms with E-state index in [2.05, 4.69) is 20.3 Å². The molecule has 0 spiro atoms. The van der Waals surface area contributed by atoms with E-state index < -0.39 is 0 Å². The van der Waals surface area contributed by atoms with Crippen LogP contribution in [0.5, 0.6) is 0 Å². The monoisotopic (exact) mass is 269 g/mol. The highest BCUT2D eigenvalue weighted by molar-refractivity contribution is 6.01. The van der Waals surface area contributed by atoms with Gasteiger partial charge < -0.3 is 9.73 Å². The van der Waals surface area contributed by atoms with Crippen LogP contribution in [0.3, 0.4) is 0 Å². The van der Waals surface area contributed by atoms with Crippen LogP contribution in [-0.2, 0) is 0 Å². The first-order valence-corrected chi connectivity index (χ1v) is 5.91. The van der Waals surface area contributed by atoms with Crippen molar-refractivity contribution in [3.8, 4) is 5.95 Å². The molecule has 0 saturated carbocycles. The lowest BCUT2D eigenvalue weighted by Gasteiger charge is -2.05. The Morgan fingerprint density at radius 3 is 2.70 bits per heavy atom. The summed E-state index contributed by atoms with van der Waals surface area (Å²) in [6.45, 7) is 1.86. The van der Waals surface area contributed by atoms with Gasteiger partial charge in [0, 0.05) is 12.4 Å². The average molecular weight is 269 g/mol. The van der Waals surface area contributed by atoms with Gasteiger partial charge in [0.2, 0.25) is 5.95 Å². The molecule has 0 unspecified atom stereocenters. The van der Waals surface area contributed by atoms with Gasteiger partial charge in [-0.25, -0.2) is 15.0 Å². The molecule has 0 radical (unpaired) electrons. The first-order chi connectivity index (χ1) is 9.74. The zero-order chi connectivity index (χ0) is 13.9. The van der Waals surface area contributed by atoms with Gasteiger partial charge >= 0.3 is 0 Å².